The van der Waals surface area contributed by atoms with Gasteiger partial charge in [0.05, 0.1) is 0 Å². The van der Waals surface area contributed by atoms with Crippen LogP contribution in [0.4, 0.5) is 0 Å². The Morgan fingerprint density at radius 2 is 2.28 bits per heavy atom. The lowest BCUT2D eigenvalue weighted by Crippen LogP contribution is -2.55. The lowest BCUT2D eigenvalue weighted by molar-refractivity contribution is 0.0600. The normalized spacial score (nSPS) is 29.7. The molecule has 3 rings (SSSR count). The Kier molecular flexibility index (Phi) is 3.35. The van der Waals surface area contributed by atoms with Crippen molar-refractivity contribution in [3.63, 3.8) is 0 Å². The zero-order chi connectivity index (χ0) is 12.5. The van der Waals surface area contributed by atoms with Gasteiger partial charge in [-0.1, -0.05) is 5.16 Å². The van der Waals surface area contributed by atoms with Crippen molar-refractivity contribution in [1.29, 1.82) is 0 Å². The molecule has 0 spiro atoms. The molecule has 0 radical (unpaired) electrons. The maximum absolute atomic E-state index is 5.01. The zero-order valence-corrected chi connectivity index (χ0v) is 11.3. The standard InChI is InChI=1S/C13H22N4O/c1-10-8-17-6-3-4-12(17)9-16(10)7-5-13-14-11(2)18-15-13/h10,12H,3-9H2,1-2H3. The summed E-state index contributed by atoms with van der Waals surface area (Å²) in [4.78, 5) is 9.51. The highest BCUT2D eigenvalue weighted by atomic mass is 16.5. The van der Waals surface area contributed by atoms with E-state index in [0.29, 0.717) is 11.9 Å². The van der Waals surface area contributed by atoms with Crippen molar-refractivity contribution in [2.45, 2.75) is 45.2 Å². The number of nitrogens with zero attached hydrogens (tertiary/aromatic N) is 4. The van der Waals surface area contributed by atoms with Gasteiger partial charge in [-0.15, -0.1) is 0 Å². The number of fused-ring (bicyclic) bond motifs is 1. The molecule has 2 saturated heterocycles. The van der Waals surface area contributed by atoms with E-state index in [1.165, 1.54) is 32.5 Å². The molecular weight excluding hydrogens is 228 g/mol. The summed E-state index contributed by atoms with van der Waals surface area (Å²) in [6, 6.07) is 1.43. The highest BCUT2D eigenvalue weighted by molar-refractivity contribution is 4.92. The Hall–Kier alpha value is -0.940. The SMILES string of the molecule is Cc1nc(CCN2CC3CCCN3CC2C)no1. The molecule has 2 atom stereocenters. The first-order valence-electron chi connectivity index (χ1n) is 6.99. The molecule has 2 aliphatic rings. The summed E-state index contributed by atoms with van der Waals surface area (Å²) in [5.41, 5.74) is 0. The topological polar surface area (TPSA) is 45.4 Å². The summed E-state index contributed by atoms with van der Waals surface area (Å²) >= 11 is 0. The Balaban J connectivity index is 1.55. The fourth-order valence-corrected chi connectivity index (χ4v) is 3.25. The lowest BCUT2D eigenvalue weighted by Gasteiger charge is -2.42. The third-order valence-electron chi connectivity index (χ3n) is 4.26. The second kappa shape index (κ2) is 4.97. The molecule has 100 valence electrons. The van der Waals surface area contributed by atoms with Gasteiger partial charge in [0, 0.05) is 45.1 Å². The van der Waals surface area contributed by atoms with E-state index in [9.17, 15) is 0 Å². The summed E-state index contributed by atoms with van der Waals surface area (Å²) in [6.07, 6.45) is 3.63. The number of rotatable bonds is 3. The minimum Gasteiger partial charge on any atom is -0.340 e. The minimum absolute atomic E-state index is 0.646. The van der Waals surface area contributed by atoms with Crippen LogP contribution in [0.15, 0.2) is 4.52 Å². The average Bonchev–Trinajstić information content (AvgIpc) is 2.94. The number of aromatic nitrogens is 2. The van der Waals surface area contributed by atoms with Crippen molar-refractivity contribution in [2.24, 2.45) is 0 Å². The fraction of sp³-hybridized carbons (Fsp3) is 0.846. The van der Waals surface area contributed by atoms with Gasteiger partial charge in [-0.2, -0.15) is 4.98 Å². The zero-order valence-electron chi connectivity index (χ0n) is 11.3. The van der Waals surface area contributed by atoms with Crippen LogP contribution in [0.2, 0.25) is 0 Å². The van der Waals surface area contributed by atoms with Crippen LogP contribution in [0.5, 0.6) is 0 Å². The van der Waals surface area contributed by atoms with Crippen LogP contribution in [-0.4, -0.2) is 58.2 Å². The largest absolute Gasteiger partial charge is 0.340 e. The number of hydrogen-bond acceptors (Lipinski definition) is 5. The quantitative estimate of drug-likeness (QED) is 0.803. The first-order valence-corrected chi connectivity index (χ1v) is 6.99. The van der Waals surface area contributed by atoms with Gasteiger partial charge in [-0.05, 0) is 26.3 Å². The lowest BCUT2D eigenvalue weighted by atomic mass is 10.1. The monoisotopic (exact) mass is 250 g/mol. The molecule has 0 bridgehead atoms. The maximum atomic E-state index is 5.01. The predicted octanol–water partition coefficient (Wildman–Crippen LogP) is 1.09. The summed E-state index contributed by atoms with van der Waals surface area (Å²) in [5, 5.41) is 3.97. The van der Waals surface area contributed by atoms with Crippen LogP contribution in [0.3, 0.4) is 0 Å². The van der Waals surface area contributed by atoms with Gasteiger partial charge in [0.25, 0.3) is 0 Å². The first-order chi connectivity index (χ1) is 8.72. The van der Waals surface area contributed by atoms with Gasteiger partial charge in [-0.3, -0.25) is 9.80 Å². The molecule has 0 aromatic carbocycles. The van der Waals surface area contributed by atoms with E-state index in [1.807, 2.05) is 6.92 Å². The van der Waals surface area contributed by atoms with E-state index < -0.39 is 0 Å². The van der Waals surface area contributed by atoms with Crippen molar-refractivity contribution < 1.29 is 4.52 Å². The Labute approximate surface area is 108 Å². The van der Waals surface area contributed by atoms with E-state index in [0.717, 1.165) is 24.8 Å². The van der Waals surface area contributed by atoms with Gasteiger partial charge < -0.3 is 4.52 Å². The molecule has 0 amide bonds. The Morgan fingerprint density at radius 1 is 1.39 bits per heavy atom. The van der Waals surface area contributed by atoms with Gasteiger partial charge >= 0.3 is 0 Å². The van der Waals surface area contributed by atoms with Crippen LogP contribution in [0.1, 0.15) is 31.5 Å². The molecule has 1 aromatic rings. The highest BCUT2D eigenvalue weighted by Crippen LogP contribution is 2.24. The van der Waals surface area contributed by atoms with Crippen molar-refractivity contribution in [2.75, 3.05) is 26.2 Å². The summed E-state index contributed by atoms with van der Waals surface area (Å²) in [6.45, 7) is 8.94. The average molecular weight is 250 g/mol. The molecule has 0 aliphatic carbocycles. The molecule has 3 heterocycles. The van der Waals surface area contributed by atoms with E-state index in [4.69, 9.17) is 4.52 Å². The van der Waals surface area contributed by atoms with Crippen molar-refractivity contribution in [3.05, 3.63) is 11.7 Å². The van der Waals surface area contributed by atoms with Gasteiger partial charge in [-0.25, -0.2) is 0 Å². The molecule has 2 unspecified atom stereocenters. The molecule has 0 saturated carbocycles. The molecule has 5 nitrogen and oxygen atoms in total. The second-order valence-electron chi connectivity index (χ2n) is 5.61. The highest BCUT2D eigenvalue weighted by Gasteiger charge is 2.33. The molecule has 2 aliphatic heterocycles. The van der Waals surface area contributed by atoms with Gasteiger partial charge in [0.15, 0.2) is 5.82 Å². The van der Waals surface area contributed by atoms with Gasteiger partial charge in [0.2, 0.25) is 5.89 Å². The molecule has 2 fully saturated rings. The van der Waals surface area contributed by atoms with Crippen molar-refractivity contribution >= 4 is 0 Å². The van der Waals surface area contributed by atoms with Crippen LogP contribution < -0.4 is 0 Å². The summed E-state index contributed by atoms with van der Waals surface area (Å²) < 4.78 is 5.01. The van der Waals surface area contributed by atoms with Crippen LogP contribution >= 0.6 is 0 Å². The smallest absolute Gasteiger partial charge is 0.223 e. The number of hydrogen-bond donors (Lipinski definition) is 0. The summed E-state index contributed by atoms with van der Waals surface area (Å²) in [5.74, 6) is 1.51. The van der Waals surface area contributed by atoms with Gasteiger partial charge in [0.1, 0.15) is 0 Å². The van der Waals surface area contributed by atoms with Crippen molar-refractivity contribution in [1.82, 2.24) is 19.9 Å². The minimum atomic E-state index is 0.646. The first kappa shape index (κ1) is 12.1. The van der Waals surface area contributed by atoms with E-state index in [1.54, 1.807) is 0 Å². The third-order valence-corrected chi connectivity index (χ3v) is 4.26. The second-order valence-corrected chi connectivity index (χ2v) is 5.61. The van der Waals surface area contributed by atoms with E-state index in [2.05, 4.69) is 26.9 Å². The Bertz CT molecular complexity index is 405. The van der Waals surface area contributed by atoms with Crippen LogP contribution in [-0.2, 0) is 6.42 Å². The number of piperazine rings is 1. The predicted molar refractivity (Wildman–Crippen MR) is 68.4 cm³/mol. The van der Waals surface area contributed by atoms with Crippen molar-refractivity contribution in [3.8, 4) is 0 Å². The molecular formula is C13H22N4O. The Morgan fingerprint density at radius 3 is 3.06 bits per heavy atom. The van der Waals surface area contributed by atoms with E-state index in [-0.39, 0.29) is 0 Å². The molecule has 1 aromatic heterocycles. The maximum Gasteiger partial charge on any atom is 0.223 e. The number of aryl methyl sites for hydroxylation is 1. The third kappa shape index (κ3) is 2.42. The van der Waals surface area contributed by atoms with E-state index >= 15 is 0 Å². The molecule has 5 heteroatoms. The fourth-order valence-electron chi connectivity index (χ4n) is 3.25. The molecule has 18 heavy (non-hydrogen) atoms. The molecule has 0 N–H and O–H groups in total. The van der Waals surface area contributed by atoms with Crippen LogP contribution in [0, 0.1) is 6.92 Å². The van der Waals surface area contributed by atoms with Crippen LogP contribution in [0.25, 0.3) is 0 Å². The summed E-state index contributed by atoms with van der Waals surface area (Å²) in [7, 11) is 0.